The molecule has 2 aromatic rings. The van der Waals surface area contributed by atoms with Gasteiger partial charge in [-0.1, -0.05) is 66.4 Å². The van der Waals surface area contributed by atoms with Gasteiger partial charge in [-0.25, -0.2) is 8.42 Å². The van der Waals surface area contributed by atoms with Crippen LogP contribution in [0.4, 0.5) is 0 Å². The molecule has 0 N–H and O–H groups in total. The molecule has 2 aliphatic rings. The molecule has 0 radical (unpaired) electrons. The molecule has 1 amide bonds. The van der Waals surface area contributed by atoms with Gasteiger partial charge in [-0.05, 0) is 43.9 Å². The van der Waals surface area contributed by atoms with Gasteiger partial charge < -0.3 is 0 Å². The van der Waals surface area contributed by atoms with Gasteiger partial charge >= 0.3 is 0 Å². The van der Waals surface area contributed by atoms with Gasteiger partial charge in [0.25, 0.3) is 0 Å². The predicted molar refractivity (Wildman–Crippen MR) is 130 cm³/mol. The fraction of sp³-hybridized carbons (Fsp3) is 0.417. The fourth-order valence-electron chi connectivity index (χ4n) is 4.20. The van der Waals surface area contributed by atoms with Crippen LogP contribution in [0.2, 0.25) is 0 Å². The van der Waals surface area contributed by atoms with E-state index >= 15 is 0 Å². The number of benzene rings is 2. The number of hydrogen-bond donors (Lipinski definition) is 0. The van der Waals surface area contributed by atoms with Crippen molar-refractivity contribution in [3.8, 4) is 0 Å². The number of aliphatic imine (C=N–C) groups is 1. The second kappa shape index (κ2) is 9.00. The van der Waals surface area contributed by atoms with Crippen LogP contribution in [0, 0.1) is 0 Å². The van der Waals surface area contributed by atoms with Gasteiger partial charge in [0.05, 0.1) is 17.8 Å². The summed E-state index contributed by atoms with van der Waals surface area (Å²) in [5.41, 5.74) is 2.61. The molecule has 0 aromatic heterocycles. The van der Waals surface area contributed by atoms with E-state index in [-0.39, 0.29) is 18.2 Å². The van der Waals surface area contributed by atoms with Crippen LogP contribution in [0.25, 0.3) is 0 Å². The maximum absolute atomic E-state index is 13.9. The number of hydrogen-bond acceptors (Lipinski definition) is 5. The second-order valence-electron chi connectivity index (χ2n) is 8.79. The summed E-state index contributed by atoms with van der Waals surface area (Å²) in [6.45, 7) is 6.35. The molecule has 32 heavy (non-hydrogen) atoms. The van der Waals surface area contributed by atoms with E-state index in [4.69, 9.17) is 4.99 Å². The highest BCUT2D eigenvalue weighted by Crippen LogP contribution is 2.36. The van der Waals surface area contributed by atoms with E-state index < -0.39 is 21.6 Å². The lowest BCUT2D eigenvalue weighted by molar-refractivity contribution is -0.134. The SMILES string of the molecule is CCS(=O)(=O)N1Cc2ccccc2CC1C(=O)N1C(=NCc2ccccc2)SCC1(C)C. The Labute approximate surface area is 194 Å². The maximum Gasteiger partial charge on any atom is 0.247 e. The van der Waals surface area contributed by atoms with Crippen LogP contribution in [0.3, 0.4) is 0 Å². The first-order valence-electron chi connectivity index (χ1n) is 10.8. The van der Waals surface area contributed by atoms with Crippen LogP contribution >= 0.6 is 11.8 Å². The summed E-state index contributed by atoms with van der Waals surface area (Å²) < 4.78 is 27.3. The third kappa shape index (κ3) is 4.49. The molecule has 2 aliphatic heterocycles. The van der Waals surface area contributed by atoms with Gasteiger partial charge in [0.1, 0.15) is 6.04 Å². The molecule has 170 valence electrons. The molecule has 1 fully saturated rings. The summed E-state index contributed by atoms with van der Waals surface area (Å²) in [4.78, 5) is 20.4. The molecule has 1 unspecified atom stereocenters. The summed E-state index contributed by atoms with van der Waals surface area (Å²) in [6, 6.07) is 16.9. The molecular formula is C24H29N3O3S2. The van der Waals surface area contributed by atoms with E-state index in [0.717, 1.165) is 22.4 Å². The highest BCUT2D eigenvalue weighted by Gasteiger charge is 2.47. The monoisotopic (exact) mass is 471 g/mol. The van der Waals surface area contributed by atoms with E-state index in [2.05, 4.69) is 0 Å². The second-order valence-corrected chi connectivity index (χ2v) is 11.9. The Hall–Kier alpha value is -2.16. The summed E-state index contributed by atoms with van der Waals surface area (Å²) >= 11 is 1.56. The Morgan fingerprint density at radius 2 is 1.75 bits per heavy atom. The van der Waals surface area contributed by atoms with Crippen LogP contribution in [-0.4, -0.2) is 51.8 Å². The number of sulfonamides is 1. The van der Waals surface area contributed by atoms with E-state index in [1.54, 1.807) is 23.6 Å². The Morgan fingerprint density at radius 3 is 2.44 bits per heavy atom. The standard InChI is InChI=1S/C24H29N3O3S2/c1-4-32(29,30)26-16-20-13-9-8-12-19(20)14-21(26)22(28)27-23(31-17-24(27,2)3)25-15-18-10-6-5-7-11-18/h5-13,21H,4,14-17H2,1-3H3. The first-order chi connectivity index (χ1) is 15.2. The van der Waals surface area contributed by atoms with E-state index in [9.17, 15) is 13.2 Å². The quantitative estimate of drug-likeness (QED) is 0.667. The molecule has 2 heterocycles. The van der Waals surface area contributed by atoms with Gasteiger partial charge in [-0.15, -0.1) is 0 Å². The molecule has 0 saturated carbocycles. The molecule has 6 nitrogen and oxygen atoms in total. The van der Waals surface area contributed by atoms with E-state index in [1.807, 2.05) is 68.4 Å². The normalized spacial score (nSPS) is 22.2. The highest BCUT2D eigenvalue weighted by molar-refractivity contribution is 8.14. The molecule has 1 atom stereocenters. The Morgan fingerprint density at radius 1 is 1.09 bits per heavy atom. The molecule has 1 saturated heterocycles. The molecule has 0 aliphatic carbocycles. The number of rotatable bonds is 5. The van der Waals surface area contributed by atoms with Crippen molar-refractivity contribution in [2.75, 3.05) is 11.5 Å². The first-order valence-corrected chi connectivity index (χ1v) is 13.4. The summed E-state index contributed by atoms with van der Waals surface area (Å²) in [7, 11) is -3.56. The van der Waals surface area contributed by atoms with Crippen molar-refractivity contribution >= 4 is 32.9 Å². The number of amides is 1. The number of carbonyl (C=O) groups excluding carboxylic acids is 1. The smallest absolute Gasteiger partial charge is 0.247 e. The van der Waals surface area contributed by atoms with Crippen LogP contribution in [0.5, 0.6) is 0 Å². The van der Waals surface area contributed by atoms with Crippen molar-refractivity contribution in [1.82, 2.24) is 9.21 Å². The Balaban J connectivity index is 1.68. The number of fused-ring (bicyclic) bond motifs is 1. The highest BCUT2D eigenvalue weighted by atomic mass is 32.2. The van der Waals surface area contributed by atoms with Gasteiger partial charge in [0.15, 0.2) is 5.17 Å². The van der Waals surface area contributed by atoms with Crippen molar-refractivity contribution in [3.63, 3.8) is 0 Å². The van der Waals surface area contributed by atoms with Crippen LogP contribution in [-0.2, 0) is 34.3 Å². The van der Waals surface area contributed by atoms with Crippen LogP contribution in [0.15, 0.2) is 59.6 Å². The summed E-state index contributed by atoms with van der Waals surface area (Å²) in [5.74, 6) is 0.487. The topological polar surface area (TPSA) is 70.1 Å². The molecule has 8 heteroatoms. The van der Waals surface area contributed by atoms with Crippen LogP contribution < -0.4 is 0 Å². The Kier molecular flexibility index (Phi) is 6.47. The van der Waals surface area contributed by atoms with Crippen molar-refractivity contribution in [1.29, 1.82) is 0 Å². The third-order valence-electron chi connectivity index (χ3n) is 6.02. The van der Waals surface area contributed by atoms with Crippen LogP contribution in [0.1, 0.15) is 37.5 Å². The molecule has 0 bridgehead atoms. The van der Waals surface area contributed by atoms with E-state index in [1.165, 1.54) is 4.31 Å². The lowest BCUT2D eigenvalue weighted by Gasteiger charge is -2.39. The summed E-state index contributed by atoms with van der Waals surface area (Å²) in [5, 5.41) is 0.663. The van der Waals surface area contributed by atoms with Gasteiger partial charge in [-0.3, -0.25) is 14.7 Å². The number of nitrogens with zero attached hydrogens (tertiary/aromatic N) is 3. The average molecular weight is 472 g/mol. The third-order valence-corrected chi connectivity index (χ3v) is 9.27. The van der Waals surface area contributed by atoms with Gasteiger partial charge in [0, 0.05) is 12.3 Å². The molecular weight excluding hydrogens is 442 g/mol. The Bertz CT molecular complexity index is 1130. The maximum atomic E-state index is 13.9. The number of amidine groups is 1. The largest absolute Gasteiger partial charge is 0.284 e. The zero-order chi connectivity index (χ0) is 22.9. The zero-order valence-electron chi connectivity index (χ0n) is 18.7. The first kappa shape index (κ1) is 23.0. The zero-order valence-corrected chi connectivity index (χ0v) is 20.3. The van der Waals surface area contributed by atoms with Gasteiger partial charge in [-0.2, -0.15) is 4.31 Å². The fourth-order valence-corrected chi connectivity index (χ4v) is 6.65. The van der Waals surface area contributed by atoms with Crippen molar-refractivity contribution < 1.29 is 13.2 Å². The van der Waals surface area contributed by atoms with Crippen molar-refractivity contribution in [2.24, 2.45) is 4.99 Å². The minimum atomic E-state index is -3.56. The minimum Gasteiger partial charge on any atom is -0.284 e. The lowest BCUT2D eigenvalue weighted by atomic mass is 9.94. The summed E-state index contributed by atoms with van der Waals surface area (Å²) in [6.07, 6.45) is 0.372. The van der Waals surface area contributed by atoms with E-state index in [0.29, 0.717) is 18.1 Å². The average Bonchev–Trinajstić information content (AvgIpc) is 3.11. The number of carbonyl (C=O) groups is 1. The lowest BCUT2D eigenvalue weighted by Crippen LogP contribution is -2.58. The van der Waals surface area contributed by atoms with Crippen molar-refractivity contribution in [3.05, 3.63) is 71.3 Å². The minimum absolute atomic E-state index is 0.0357. The predicted octanol–water partition coefficient (Wildman–Crippen LogP) is 3.67. The van der Waals surface area contributed by atoms with Gasteiger partial charge in [0.2, 0.25) is 15.9 Å². The molecule has 2 aromatic carbocycles. The number of thioether (sulfide) groups is 1. The molecule has 4 rings (SSSR count). The molecule has 0 spiro atoms. The van der Waals surface area contributed by atoms with Crippen molar-refractivity contribution in [2.45, 2.75) is 51.9 Å².